The zero-order valence-electron chi connectivity index (χ0n) is 10.1. The van der Waals surface area contributed by atoms with Gasteiger partial charge in [0.25, 0.3) is 0 Å². The largest absolute Gasteiger partial charge is 0.481 e. The molecule has 1 saturated carbocycles. The van der Waals surface area contributed by atoms with Crippen molar-refractivity contribution in [3.63, 3.8) is 0 Å². The second-order valence-electron chi connectivity index (χ2n) is 4.93. The Labute approximate surface area is 102 Å². The number of carboxylic acids is 1. The second-order valence-corrected chi connectivity index (χ2v) is 7.11. The molecule has 1 fully saturated rings. The van der Waals surface area contributed by atoms with Gasteiger partial charge in [-0.2, -0.15) is 0 Å². The topological polar surface area (TPSA) is 91.7 Å². The van der Waals surface area contributed by atoms with Crippen LogP contribution in [0.5, 0.6) is 0 Å². The molecule has 1 aliphatic rings. The van der Waals surface area contributed by atoms with E-state index in [2.05, 4.69) is 0 Å². The first-order valence-corrected chi connectivity index (χ1v) is 7.76. The fourth-order valence-electron chi connectivity index (χ4n) is 2.34. The van der Waals surface area contributed by atoms with Gasteiger partial charge in [0, 0.05) is 0 Å². The van der Waals surface area contributed by atoms with Crippen LogP contribution in [0.2, 0.25) is 0 Å². The highest BCUT2D eigenvalue weighted by molar-refractivity contribution is 7.91. The summed E-state index contributed by atoms with van der Waals surface area (Å²) < 4.78 is 23.3. The Bertz CT molecular complexity index is 365. The molecule has 0 spiro atoms. The van der Waals surface area contributed by atoms with Crippen molar-refractivity contribution in [2.75, 3.05) is 11.5 Å². The zero-order valence-corrected chi connectivity index (χ0v) is 10.9. The monoisotopic (exact) mass is 264 g/mol. The molecule has 17 heavy (non-hydrogen) atoms. The van der Waals surface area contributed by atoms with Crippen molar-refractivity contribution < 1.29 is 23.4 Å². The fraction of sp³-hybridized carbons (Fsp3) is 0.909. The van der Waals surface area contributed by atoms with E-state index in [1.54, 1.807) is 6.92 Å². The predicted octanol–water partition coefficient (Wildman–Crippen LogP) is 0.817. The number of rotatable bonds is 5. The lowest BCUT2D eigenvalue weighted by Crippen LogP contribution is -2.42. The van der Waals surface area contributed by atoms with Gasteiger partial charge in [0.15, 0.2) is 9.84 Å². The number of hydrogen-bond acceptors (Lipinski definition) is 4. The molecule has 2 N–H and O–H groups in total. The molecule has 0 bridgehead atoms. The van der Waals surface area contributed by atoms with Crippen molar-refractivity contribution in [3.8, 4) is 0 Å². The van der Waals surface area contributed by atoms with Crippen LogP contribution in [0, 0.1) is 5.92 Å². The van der Waals surface area contributed by atoms with Crippen LogP contribution in [0.3, 0.4) is 0 Å². The van der Waals surface area contributed by atoms with Gasteiger partial charge < -0.3 is 10.2 Å². The van der Waals surface area contributed by atoms with Crippen molar-refractivity contribution in [1.29, 1.82) is 0 Å². The van der Waals surface area contributed by atoms with Crippen molar-refractivity contribution in [3.05, 3.63) is 0 Å². The molecule has 6 heteroatoms. The maximum atomic E-state index is 11.6. The molecule has 0 atom stereocenters. The van der Waals surface area contributed by atoms with Crippen molar-refractivity contribution in [2.24, 2.45) is 5.92 Å². The Kier molecular flexibility index (Phi) is 4.55. The first kappa shape index (κ1) is 14.4. The summed E-state index contributed by atoms with van der Waals surface area (Å²) in [7, 11) is -3.22. The van der Waals surface area contributed by atoms with Gasteiger partial charge >= 0.3 is 5.97 Å². The molecule has 0 radical (unpaired) electrons. The summed E-state index contributed by atoms with van der Waals surface area (Å²) in [5.74, 6) is -1.45. The minimum absolute atomic E-state index is 0.0810. The van der Waals surface area contributed by atoms with Crippen LogP contribution in [-0.2, 0) is 14.6 Å². The van der Waals surface area contributed by atoms with Crippen LogP contribution in [-0.4, -0.2) is 41.7 Å². The fourth-order valence-corrected chi connectivity index (χ4v) is 4.21. The van der Waals surface area contributed by atoms with E-state index in [0.29, 0.717) is 19.3 Å². The van der Waals surface area contributed by atoms with Crippen LogP contribution < -0.4 is 0 Å². The van der Waals surface area contributed by atoms with Gasteiger partial charge in [0.1, 0.15) is 0 Å². The number of carboxylic acid groups (broad SMARTS) is 1. The Morgan fingerprint density at radius 3 is 2.29 bits per heavy atom. The lowest BCUT2D eigenvalue weighted by atomic mass is 9.80. The molecule has 100 valence electrons. The van der Waals surface area contributed by atoms with Crippen LogP contribution in [0.15, 0.2) is 0 Å². The number of aliphatic hydroxyl groups is 1. The summed E-state index contributed by atoms with van der Waals surface area (Å²) >= 11 is 0. The Morgan fingerprint density at radius 1 is 1.35 bits per heavy atom. The van der Waals surface area contributed by atoms with Gasteiger partial charge in [-0.25, -0.2) is 8.42 Å². The second kappa shape index (κ2) is 5.35. The molecule has 0 aromatic heterocycles. The summed E-state index contributed by atoms with van der Waals surface area (Å²) in [6.07, 6.45) is 1.76. The van der Waals surface area contributed by atoms with E-state index in [0.717, 1.165) is 0 Å². The van der Waals surface area contributed by atoms with Gasteiger partial charge in [0.2, 0.25) is 0 Å². The van der Waals surface area contributed by atoms with Gasteiger partial charge in [-0.1, -0.05) is 6.92 Å². The smallest absolute Gasteiger partial charge is 0.306 e. The Balaban J connectivity index is 2.58. The molecular weight excluding hydrogens is 244 g/mol. The van der Waals surface area contributed by atoms with Crippen molar-refractivity contribution in [1.82, 2.24) is 0 Å². The third kappa shape index (κ3) is 4.27. The van der Waals surface area contributed by atoms with Crippen LogP contribution >= 0.6 is 0 Å². The molecular formula is C11H20O5S. The highest BCUT2D eigenvalue weighted by Crippen LogP contribution is 2.33. The highest BCUT2D eigenvalue weighted by Gasteiger charge is 2.38. The zero-order chi connectivity index (χ0) is 13.1. The quantitative estimate of drug-likeness (QED) is 0.767. The standard InChI is InChI=1S/C11H20O5S/c1-2-7-17(15,16)8-11(14)5-3-9(4-6-11)10(12)13/h9,14H,2-8H2,1H3,(H,12,13). The maximum absolute atomic E-state index is 11.6. The number of hydrogen-bond donors (Lipinski definition) is 2. The summed E-state index contributed by atoms with van der Waals surface area (Å²) in [6, 6.07) is 0. The van der Waals surface area contributed by atoms with Crippen LogP contribution in [0.25, 0.3) is 0 Å². The molecule has 0 unspecified atom stereocenters. The van der Waals surface area contributed by atoms with E-state index in [1.807, 2.05) is 0 Å². The lowest BCUT2D eigenvalue weighted by molar-refractivity contribution is -0.144. The number of aliphatic carboxylic acids is 1. The van der Waals surface area contributed by atoms with Crippen LogP contribution in [0.1, 0.15) is 39.0 Å². The molecule has 0 heterocycles. The van der Waals surface area contributed by atoms with E-state index in [-0.39, 0.29) is 24.3 Å². The van der Waals surface area contributed by atoms with E-state index in [1.165, 1.54) is 0 Å². The van der Waals surface area contributed by atoms with Gasteiger partial charge in [-0.15, -0.1) is 0 Å². The summed E-state index contributed by atoms with van der Waals surface area (Å²) in [5, 5.41) is 19.0. The molecule has 5 nitrogen and oxygen atoms in total. The first-order chi connectivity index (χ1) is 7.78. The maximum Gasteiger partial charge on any atom is 0.306 e. The summed E-state index contributed by atoms with van der Waals surface area (Å²) in [4.78, 5) is 10.8. The Morgan fingerprint density at radius 2 is 1.88 bits per heavy atom. The van der Waals surface area contributed by atoms with E-state index in [9.17, 15) is 18.3 Å². The molecule has 1 aliphatic carbocycles. The average Bonchev–Trinajstić information content (AvgIpc) is 2.16. The third-order valence-electron chi connectivity index (χ3n) is 3.27. The lowest BCUT2D eigenvalue weighted by Gasteiger charge is -2.34. The van der Waals surface area contributed by atoms with Gasteiger partial charge in [-0.05, 0) is 32.1 Å². The molecule has 0 aromatic rings. The minimum Gasteiger partial charge on any atom is -0.481 e. The highest BCUT2D eigenvalue weighted by atomic mass is 32.2. The van der Waals surface area contributed by atoms with Gasteiger partial charge in [0.05, 0.1) is 23.0 Å². The molecule has 0 amide bonds. The SMILES string of the molecule is CCCS(=O)(=O)CC1(O)CCC(C(=O)O)CC1. The number of sulfone groups is 1. The predicted molar refractivity (Wildman–Crippen MR) is 63.5 cm³/mol. The van der Waals surface area contributed by atoms with Crippen molar-refractivity contribution >= 4 is 15.8 Å². The first-order valence-electron chi connectivity index (χ1n) is 5.93. The normalized spacial score (nSPS) is 30.1. The van der Waals surface area contributed by atoms with Crippen LogP contribution in [0.4, 0.5) is 0 Å². The van der Waals surface area contributed by atoms with Crippen molar-refractivity contribution in [2.45, 2.75) is 44.6 Å². The average molecular weight is 264 g/mol. The van der Waals surface area contributed by atoms with E-state index >= 15 is 0 Å². The number of carbonyl (C=O) groups is 1. The van der Waals surface area contributed by atoms with E-state index < -0.39 is 27.3 Å². The molecule has 1 rings (SSSR count). The summed E-state index contributed by atoms with van der Waals surface area (Å²) in [6.45, 7) is 1.78. The minimum atomic E-state index is -3.22. The molecule has 0 saturated heterocycles. The van der Waals surface area contributed by atoms with Gasteiger partial charge in [-0.3, -0.25) is 4.79 Å². The Hall–Kier alpha value is -0.620. The van der Waals surface area contributed by atoms with E-state index in [4.69, 9.17) is 5.11 Å². The third-order valence-corrected chi connectivity index (χ3v) is 5.28. The summed E-state index contributed by atoms with van der Waals surface area (Å²) in [5.41, 5.74) is -1.22. The molecule has 0 aromatic carbocycles. The molecule has 0 aliphatic heterocycles.